The average Bonchev–Trinajstić information content (AvgIpc) is 3.19. The van der Waals surface area contributed by atoms with Gasteiger partial charge in [-0.3, -0.25) is 9.59 Å². The summed E-state index contributed by atoms with van der Waals surface area (Å²) in [6, 6.07) is -0.623. The molecule has 0 amide bonds. The summed E-state index contributed by atoms with van der Waals surface area (Å²) in [5, 5.41) is 9.62. The van der Waals surface area contributed by atoms with Crippen molar-refractivity contribution in [1.82, 2.24) is 0 Å². The van der Waals surface area contributed by atoms with Crippen LogP contribution in [-0.2, 0) is 28.6 Å². The smallest absolute Gasteiger partial charge is 0.362 e. The van der Waals surface area contributed by atoms with Crippen molar-refractivity contribution in [2.24, 2.45) is 0 Å². The first kappa shape index (κ1) is 56.3. The van der Waals surface area contributed by atoms with Gasteiger partial charge in [0.25, 0.3) is 0 Å². The Bertz CT molecular complexity index is 1110. The molecule has 0 rings (SSSR count). The lowest BCUT2D eigenvalue weighted by Crippen LogP contribution is -2.50. The summed E-state index contributed by atoms with van der Waals surface area (Å²) >= 11 is 0. The molecular formula is C51H92NO7+. The summed E-state index contributed by atoms with van der Waals surface area (Å²) in [6.07, 6.45) is 50.4. The van der Waals surface area contributed by atoms with Crippen molar-refractivity contribution in [3.05, 3.63) is 48.6 Å². The van der Waals surface area contributed by atoms with Crippen molar-refractivity contribution in [3.8, 4) is 0 Å². The molecule has 0 aliphatic rings. The Hall–Kier alpha value is -2.71. The molecule has 2 atom stereocenters. The quantitative estimate of drug-likeness (QED) is 0.0283. The largest absolute Gasteiger partial charge is 0.477 e. The van der Waals surface area contributed by atoms with Gasteiger partial charge in [-0.05, 0) is 70.6 Å². The van der Waals surface area contributed by atoms with Gasteiger partial charge in [-0.25, -0.2) is 4.79 Å². The summed E-state index contributed by atoms with van der Waals surface area (Å²) in [6.45, 7) is 4.58. The molecule has 0 aromatic rings. The molecule has 0 heterocycles. The van der Waals surface area contributed by atoms with Gasteiger partial charge in [0.1, 0.15) is 6.61 Å². The number of quaternary nitrogens is 1. The van der Waals surface area contributed by atoms with E-state index in [2.05, 4.69) is 62.5 Å². The molecule has 0 aliphatic carbocycles. The number of unbranched alkanes of at least 4 members (excludes halogenated alkanes) is 21. The molecule has 342 valence electrons. The summed E-state index contributed by atoms with van der Waals surface area (Å²) in [4.78, 5) is 37.0. The lowest BCUT2D eigenvalue weighted by atomic mass is 10.0. The molecule has 2 unspecified atom stereocenters. The van der Waals surface area contributed by atoms with Crippen LogP contribution in [0.3, 0.4) is 0 Å². The summed E-state index contributed by atoms with van der Waals surface area (Å²) in [5.41, 5.74) is 0. The van der Waals surface area contributed by atoms with Crippen molar-refractivity contribution >= 4 is 17.9 Å². The molecule has 8 nitrogen and oxygen atoms in total. The molecule has 0 spiro atoms. The number of ether oxygens (including phenoxy) is 3. The minimum Gasteiger partial charge on any atom is -0.477 e. The van der Waals surface area contributed by atoms with E-state index in [4.69, 9.17) is 14.2 Å². The highest BCUT2D eigenvalue weighted by Gasteiger charge is 2.31. The van der Waals surface area contributed by atoms with Crippen LogP contribution in [0.15, 0.2) is 48.6 Å². The highest BCUT2D eigenvalue weighted by molar-refractivity contribution is 5.72. The van der Waals surface area contributed by atoms with Crippen LogP contribution in [0.25, 0.3) is 0 Å². The maximum absolute atomic E-state index is 12.7. The molecule has 0 fully saturated rings. The lowest BCUT2D eigenvalue weighted by molar-refractivity contribution is -0.887. The van der Waals surface area contributed by atoms with Crippen molar-refractivity contribution < 1.29 is 38.2 Å². The number of nitrogens with zero attached hydrogens (tertiary/aromatic N) is 1. The molecule has 0 aliphatic heterocycles. The van der Waals surface area contributed by atoms with E-state index < -0.39 is 18.1 Å². The molecule has 59 heavy (non-hydrogen) atoms. The Morgan fingerprint density at radius 1 is 0.525 bits per heavy atom. The zero-order chi connectivity index (χ0) is 43.5. The number of rotatable bonds is 43. The van der Waals surface area contributed by atoms with Crippen LogP contribution >= 0.6 is 0 Å². The molecular weight excluding hydrogens is 739 g/mol. The average molecular weight is 831 g/mol. The van der Waals surface area contributed by atoms with E-state index in [0.717, 1.165) is 51.4 Å². The summed E-state index contributed by atoms with van der Waals surface area (Å²) in [5.74, 6) is -1.52. The van der Waals surface area contributed by atoms with Gasteiger partial charge in [-0.15, -0.1) is 0 Å². The maximum atomic E-state index is 12.7. The first-order valence-corrected chi connectivity index (χ1v) is 24.2. The van der Waals surface area contributed by atoms with Crippen LogP contribution in [-0.4, -0.2) is 80.6 Å². The zero-order valence-corrected chi connectivity index (χ0v) is 39.0. The number of hydrogen-bond donors (Lipinski definition) is 1. The van der Waals surface area contributed by atoms with E-state index >= 15 is 0 Å². The third-order valence-corrected chi connectivity index (χ3v) is 10.7. The van der Waals surface area contributed by atoms with Gasteiger partial charge in [0.15, 0.2) is 12.1 Å². The third-order valence-electron chi connectivity index (χ3n) is 10.7. The molecule has 0 saturated carbocycles. The molecule has 0 saturated heterocycles. The van der Waals surface area contributed by atoms with Gasteiger partial charge in [-0.1, -0.05) is 165 Å². The van der Waals surface area contributed by atoms with Crippen molar-refractivity contribution in [2.75, 3.05) is 41.0 Å². The monoisotopic (exact) mass is 831 g/mol. The van der Waals surface area contributed by atoms with Crippen molar-refractivity contribution in [1.29, 1.82) is 0 Å². The summed E-state index contributed by atoms with van der Waals surface area (Å²) < 4.78 is 17.2. The molecule has 0 bridgehead atoms. The van der Waals surface area contributed by atoms with Gasteiger partial charge in [0.2, 0.25) is 0 Å². The van der Waals surface area contributed by atoms with E-state index in [0.29, 0.717) is 19.3 Å². The molecule has 0 aromatic carbocycles. The Morgan fingerprint density at radius 3 is 1.46 bits per heavy atom. The first-order valence-electron chi connectivity index (χ1n) is 24.2. The fourth-order valence-corrected chi connectivity index (χ4v) is 6.98. The van der Waals surface area contributed by atoms with Gasteiger partial charge in [0, 0.05) is 19.3 Å². The minimum absolute atomic E-state index is 0.0439. The highest BCUT2D eigenvalue weighted by Crippen LogP contribution is 2.15. The number of hydrogen-bond acceptors (Lipinski definition) is 6. The normalized spacial score (nSPS) is 13.3. The van der Waals surface area contributed by atoms with E-state index in [1.165, 1.54) is 116 Å². The number of carboxylic acid groups (broad SMARTS) is 1. The van der Waals surface area contributed by atoms with E-state index in [1.807, 2.05) is 21.1 Å². The SMILES string of the molecule is CC/C=C/C/C=C/C/C=C/CCCCC(=O)OC(COCCC(C(=O)O)[N+](C)(C)C)COC(=O)CCCCCCCCC/C=C/CCCCCCCCCCCCCC. The van der Waals surface area contributed by atoms with E-state index in [9.17, 15) is 19.5 Å². The van der Waals surface area contributed by atoms with E-state index in [1.54, 1.807) is 0 Å². The topological polar surface area (TPSA) is 99.1 Å². The highest BCUT2D eigenvalue weighted by atomic mass is 16.6. The number of aliphatic carboxylic acids is 1. The van der Waals surface area contributed by atoms with E-state index in [-0.39, 0.29) is 42.7 Å². The fraction of sp³-hybridized carbons (Fsp3) is 0.784. The molecule has 8 heteroatoms. The number of carboxylic acids is 1. The fourth-order valence-electron chi connectivity index (χ4n) is 6.98. The lowest BCUT2D eigenvalue weighted by Gasteiger charge is -2.31. The second-order valence-corrected chi connectivity index (χ2v) is 17.3. The number of likely N-dealkylation sites (N-methyl/N-ethyl adjacent to an activating group) is 1. The minimum atomic E-state index is -0.882. The second kappa shape index (κ2) is 42.0. The van der Waals surface area contributed by atoms with Gasteiger partial charge in [-0.2, -0.15) is 0 Å². The van der Waals surface area contributed by atoms with Crippen LogP contribution in [0.1, 0.15) is 206 Å². The molecule has 0 radical (unpaired) electrons. The van der Waals surface area contributed by atoms with Crippen LogP contribution in [0.4, 0.5) is 0 Å². The number of esters is 2. The third kappa shape index (κ3) is 40.5. The van der Waals surface area contributed by atoms with Gasteiger partial charge >= 0.3 is 17.9 Å². The molecule has 0 aromatic heterocycles. The summed E-state index contributed by atoms with van der Waals surface area (Å²) in [7, 11) is 5.51. The second-order valence-electron chi connectivity index (χ2n) is 17.3. The number of allylic oxidation sites excluding steroid dienone is 8. The number of carbonyl (C=O) groups is 3. The van der Waals surface area contributed by atoms with Crippen LogP contribution in [0.5, 0.6) is 0 Å². The Labute approximate surface area is 363 Å². The van der Waals surface area contributed by atoms with Crippen molar-refractivity contribution in [3.63, 3.8) is 0 Å². The van der Waals surface area contributed by atoms with Crippen LogP contribution in [0.2, 0.25) is 0 Å². The predicted octanol–water partition coefficient (Wildman–Crippen LogP) is 13.6. The predicted molar refractivity (Wildman–Crippen MR) is 248 cm³/mol. The van der Waals surface area contributed by atoms with Crippen molar-refractivity contribution in [2.45, 2.75) is 219 Å². The van der Waals surface area contributed by atoms with Crippen LogP contribution < -0.4 is 0 Å². The standard InChI is InChI=1S/C51H91NO7/c1-6-8-10-12-14-16-18-20-21-22-23-24-25-26-27-28-29-30-32-33-35-37-39-41-49(53)58-46-47(45-57-44-43-48(51(55)56)52(3,4)5)59-50(54)42-40-38-36-34-31-19-17-15-13-11-9-7-2/h9,11,15,17,26-27,31,34,47-48H,6-8,10,12-14,16,18-25,28-30,32-33,35-46H2,1-5H3/p+1/b11-9+,17-15+,27-26+,34-31+. The van der Waals surface area contributed by atoms with Crippen LogP contribution in [0, 0.1) is 0 Å². The van der Waals surface area contributed by atoms with Gasteiger partial charge in [0.05, 0.1) is 34.4 Å². The first-order chi connectivity index (χ1) is 28.6. The Kier molecular flexibility index (Phi) is 40.1. The Balaban J connectivity index is 4.22. The maximum Gasteiger partial charge on any atom is 0.362 e. The molecule has 1 N–H and O–H groups in total. The van der Waals surface area contributed by atoms with Gasteiger partial charge < -0.3 is 23.8 Å². The Morgan fingerprint density at radius 2 is 0.949 bits per heavy atom. The number of carbonyl (C=O) groups excluding carboxylic acids is 2. The zero-order valence-electron chi connectivity index (χ0n) is 39.0.